The molecule has 0 aromatic carbocycles. The molecule has 0 radical (unpaired) electrons. The van der Waals surface area contributed by atoms with Gasteiger partial charge in [0.05, 0.1) is 0 Å². The SMILES string of the molecule is CC(C(=O)O)N(CCC(=O)N1CCc2sccc2C1)C1CC1. The summed E-state index contributed by atoms with van der Waals surface area (Å²) in [7, 11) is 0. The van der Waals surface area contributed by atoms with Crippen LogP contribution in [0.1, 0.15) is 36.6 Å². The van der Waals surface area contributed by atoms with Crippen LogP contribution in [-0.2, 0) is 22.6 Å². The number of carbonyl (C=O) groups excluding carboxylic acids is 1. The number of aliphatic carboxylic acids is 1. The highest BCUT2D eigenvalue weighted by molar-refractivity contribution is 7.10. The van der Waals surface area contributed by atoms with Gasteiger partial charge in [0.2, 0.25) is 5.91 Å². The number of fused-ring (bicyclic) bond motifs is 1. The molecule has 1 N–H and O–H groups in total. The highest BCUT2D eigenvalue weighted by Gasteiger charge is 2.35. The molecule has 1 atom stereocenters. The molecule has 2 heterocycles. The summed E-state index contributed by atoms with van der Waals surface area (Å²) in [6.45, 7) is 3.74. The number of carboxylic acid groups (broad SMARTS) is 1. The second-order valence-electron chi connectivity index (χ2n) is 6.17. The van der Waals surface area contributed by atoms with Gasteiger partial charge in [-0.25, -0.2) is 0 Å². The van der Waals surface area contributed by atoms with Crippen LogP contribution in [0.3, 0.4) is 0 Å². The van der Waals surface area contributed by atoms with Gasteiger partial charge in [-0.3, -0.25) is 14.5 Å². The average molecular weight is 322 g/mol. The molecule has 1 aromatic heterocycles. The van der Waals surface area contributed by atoms with Crippen molar-refractivity contribution in [1.82, 2.24) is 9.80 Å². The number of thiophene rings is 1. The lowest BCUT2D eigenvalue weighted by atomic mass is 10.1. The van der Waals surface area contributed by atoms with Gasteiger partial charge in [-0.2, -0.15) is 0 Å². The van der Waals surface area contributed by atoms with Gasteiger partial charge >= 0.3 is 5.97 Å². The molecule has 3 rings (SSSR count). The van der Waals surface area contributed by atoms with E-state index in [0.717, 1.165) is 25.8 Å². The van der Waals surface area contributed by atoms with E-state index in [-0.39, 0.29) is 5.91 Å². The van der Waals surface area contributed by atoms with E-state index >= 15 is 0 Å². The standard InChI is InChI=1S/C16H22N2O3S/c1-11(16(20)21)18(13-2-3-13)8-5-15(19)17-7-4-14-12(10-17)6-9-22-14/h6,9,11,13H,2-5,7-8,10H2,1H3,(H,20,21). The normalized spacial score (nSPS) is 19.1. The first-order valence-corrected chi connectivity index (χ1v) is 8.76. The van der Waals surface area contributed by atoms with E-state index in [0.29, 0.717) is 25.6 Å². The molecule has 1 fully saturated rings. The van der Waals surface area contributed by atoms with Crippen LogP contribution in [0.5, 0.6) is 0 Å². The minimum atomic E-state index is -0.805. The van der Waals surface area contributed by atoms with Crippen LogP contribution in [0, 0.1) is 0 Å². The number of carbonyl (C=O) groups is 2. The first kappa shape index (κ1) is 15.5. The van der Waals surface area contributed by atoms with Crippen LogP contribution in [0.15, 0.2) is 11.4 Å². The second-order valence-corrected chi connectivity index (χ2v) is 7.17. The summed E-state index contributed by atoms with van der Waals surface area (Å²) in [6, 6.07) is 1.94. The van der Waals surface area contributed by atoms with Crippen LogP contribution in [0.2, 0.25) is 0 Å². The molecule has 1 aromatic rings. The molecule has 1 aliphatic heterocycles. The fraction of sp³-hybridized carbons (Fsp3) is 0.625. The zero-order chi connectivity index (χ0) is 15.7. The number of hydrogen-bond acceptors (Lipinski definition) is 4. The van der Waals surface area contributed by atoms with Crippen LogP contribution < -0.4 is 0 Å². The number of rotatable bonds is 6. The minimum absolute atomic E-state index is 0.139. The Labute approximate surface area is 134 Å². The average Bonchev–Trinajstić information content (AvgIpc) is 3.23. The van der Waals surface area contributed by atoms with Gasteiger partial charge < -0.3 is 10.0 Å². The minimum Gasteiger partial charge on any atom is -0.480 e. The summed E-state index contributed by atoms with van der Waals surface area (Å²) < 4.78 is 0. The number of amides is 1. The zero-order valence-corrected chi connectivity index (χ0v) is 13.6. The topological polar surface area (TPSA) is 60.9 Å². The van der Waals surface area contributed by atoms with Crippen molar-refractivity contribution in [2.24, 2.45) is 0 Å². The maximum Gasteiger partial charge on any atom is 0.320 e. The molecule has 6 heteroatoms. The van der Waals surface area contributed by atoms with Crippen LogP contribution in [0.25, 0.3) is 0 Å². The molecule has 1 unspecified atom stereocenters. The van der Waals surface area contributed by atoms with Gasteiger partial charge in [-0.1, -0.05) is 0 Å². The molecular formula is C16H22N2O3S. The molecule has 5 nitrogen and oxygen atoms in total. The Morgan fingerprint density at radius 1 is 1.50 bits per heavy atom. The Morgan fingerprint density at radius 2 is 2.27 bits per heavy atom. The lowest BCUT2D eigenvalue weighted by molar-refractivity contribution is -0.143. The number of carboxylic acids is 1. The van der Waals surface area contributed by atoms with Gasteiger partial charge in [0.25, 0.3) is 0 Å². The molecule has 1 saturated carbocycles. The highest BCUT2D eigenvalue weighted by atomic mass is 32.1. The molecule has 0 spiro atoms. The highest BCUT2D eigenvalue weighted by Crippen LogP contribution is 2.29. The van der Waals surface area contributed by atoms with Crippen molar-refractivity contribution in [2.45, 2.75) is 51.2 Å². The number of nitrogens with zero attached hydrogens (tertiary/aromatic N) is 2. The van der Waals surface area contributed by atoms with Gasteiger partial charge in [0, 0.05) is 37.0 Å². The monoisotopic (exact) mass is 322 g/mol. The van der Waals surface area contributed by atoms with Crippen molar-refractivity contribution in [1.29, 1.82) is 0 Å². The molecule has 0 saturated heterocycles. The van der Waals surface area contributed by atoms with Crippen molar-refractivity contribution in [3.05, 3.63) is 21.9 Å². The van der Waals surface area contributed by atoms with Gasteiger partial charge in [0.15, 0.2) is 0 Å². The smallest absolute Gasteiger partial charge is 0.320 e. The summed E-state index contributed by atoms with van der Waals surface area (Å²) in [5.74, 6) is -0.666. The van der Waals surface area contributed by atoms with Crippen molar-refractivity contribution in [2.75, 3.05) is 13.1 Å². The molecule has 2 aliphatic rings. The van der Waals surface area contributed by atoms with Crippen LogP contribution in [-0.4, -0.2) is 52.0 Å². The summed E-state index contributed by atoms with van der Waals surface area (Å²) in [6.07, 6.45) is 3.45. The lowest BCUT2D eigenvalue weighted by Gasteiger charge is -2.30. The fourth-order valence-corrected chi connectivity index (χ4v) is 3.97. The van der Waals surface area contributed by atoms with E-state index in [9.17, 15) is 14.7 Å². The van der Waals surface area contributed by atoms with E-state index in [1.165, 1.54) is 10.4 Å². The lowest BCUT2D eigenvalue weighted by Crippen LogP contribution is -2.43. The first-order valence-electron chi connectivity index (χ1n) is 7.88. The van der Waals surface area contributed by atoms with E-state index in [1.807, 2.05) is 9.80 Å². The fourth-order valence-electron chi connectivity index (χ4n) is 3.08. The Kier molecular flexibility index (Phi) is 4.49. The van der Waals surface area contributed by atoms with E-state index < -0.39 is 12.0 Å². The van der Waals surface area contributed by atoms with E-state index in [4.69, 9.17) is 0 Å². The Bertz CT molecular complexity index is 567. The summed E-state index contributed by atoms with van der Waals surface area (Å²) in [5, 5.41) is 11.3. The van der Waals surface area contributed by atoms with Gasteiger partial charge in [-0.05, 0) is 43.2 Å². The van der Waals surface area contributed by atoms with E-state index in [1.54, 1.807) is 18.3 Å². The van der Waals surface area contributed by atoms with E-state index in [2.05, 4.69) is 11.4 Å². The third-order valence-corrected chi connectivity index (χ3v) is 5.64. The predicted octanol–water partition coefficient (Wildman–Crippen LogP) is 1.96. The maximum absolute atomic E-state index is 12.4. The predicted molar refractivity (Wildman–Crippen MR) is 84.9 cm³/mol. The molecule has 0 bridgehead atoms. The molecule has 1 amide bonds. The van der Waals surface area contributed by atoms with Gasteiger partial charge in [0.1, 0.15) is 6.04 Å². The zero-order valence-electron chi connectivity index (χ0n) is 12.8. The molecular weight excluding hydrogens is 300 g/mol. The molecule has 22 heavy (non-hydrogen) atoms. The number of hydrogen-bond donors (Lipinski definition) is 1. The van der Waals surface area contributed by atoms with Crippen LogP contribution in [0.4, 0.5) is 0 Å². The largest absolute Gasteiger partial charge is 0.480 e. The Morgan fingerprint density at radius 3 is 2.95 bits per heavy atom. The van der Waals surface area contributed by atoms with Crippen molar-refractivity contribution >= 4 is 23.2 Å². The summed E-state index contributed by atoms with van der Waals surface area (Å²) in [4.78, 5) is 28.9. The van der Waals surface area contributed by atoms with Crippen molar-refractivity contribution in [3.63, 3.8) is 0 Å². The maximum atomic E-state index is 12.4. The first-order chi connectivity index (χ1) is 10.6. The third kappa shape index (κ3) is 3.33. The van der Waals surface area contributed by atoms with Crippen LogP contribution >= 0.6 is 11.3 Å². The molecule has 120 valence electrons. The van der Waals surface area contributed by atoms with Crippen molar-refractivity contribution in [3.8, 4) is 0 Å². The third-order valence-electron chi connectivity index (χ3n) is 4.61. The van der Waals surface area contributed by atoms with Gasteiger partial charge in [-0.15, -0.1) is 11.3 Å². The Hall–Kier alpha value is -1.40. The quantitative estimate of drug-likeness (QED) is 0.870. The van der Waals surface area contributed by atoms with Crippen molar-refractivity contribution < 1.29 is 14.7 Å². The Balaban J connectivity index is 1.54. The summed E-state index contributed by atoms with van der Waals surface area (Å²) in [5.41, 5.74) is 1.27. The second kappa shape index (κ2) is 6.38. The summed E-state index contributed by atoms with van der Waals surface area (Å²) >= 11 is 1.77. The molecule has 1 aliphatic carbocycles.